The normalized spacial score (nSPS) is 15.2. The molecule has 6 nitrogen and oxygen atoms in total. The molecule has 1 N–H and O–H groups in total. The van der Waals surface area contributed by atoms with E-state index in [9.17, 15) is 4.79 Å². The highest BCUT2D eigenvalue weighted by atomic mass is 35.5. The molecule has 2 aromatic heterocycles. The topological polar surface area (TPSA) is 63.1 Å². The van der Waals surface area contributed by atoms with Crippen LogP contribution in [0.15, 0.2) is 24.3 Å². The number of hydrogen-bond donors (Lipinski definition) is 1. The highest BCUT2D eigenvalue weighted by molar-refractivity contribution is 6.31. The Morgan fingerprint density at radius 1 is 1.13 bits per heavy atom. The summed E-state index contributed by atoms with van der Waals surface area (Å²) in [7, 11) is 0. The summed E-state index contributed by atoms with van der Waals surface area (Å²) < 4.78 is 1.80. The van der Waals surface area contributed by atoms with Gasteiger partial charge in [-0.2, -0.15) is 5.10 Å². The molecular formula is C24H30ClN5O. The van der Waals surface area contributed by atoms with Crippen LogP contribution in [0.5, 0.6) is 0 Å². The summed E-state index contributed by atoms with van der Waals surface area (Å²) >= 11 is 6.34. The van der Waals surface area contributed by atoms with E-state index in [2.05, 4.69) is 10.2 Å². The third kappa shape index (κ3) is 4.60. The van der Waals surface area contributed by atoms with Crippen LogP contribution in [0.25, 0.3) is 16.7 Å². The van der Waals surface area contributed by atoms with Crippen LogP contribution in [-0.4, -0.2) is 51.8 Å². The fourth-order valence-corrected chi connectivity index (χ4v) is 4.54. The van der Waals surface area contributed by atoms with Crippen LogP contribution < -0.4 is 5.32 Å². The molecule has 0 spiro atoms. The second kappa shape index (κ2) is 9.37. The Morgan fingerprint density at radius 2 is 1.87 bits per heavy atom. The molecule has 7 heteroatoms. The Hall–Kier alpha value is -2.44. The molecule has 3 aromatic rings. The third-order valence-electron chi connectivity index (χ3n) is 6.07. The average Bonchev–Trinajstić information content (AvgIpc) is 2.91. The number of halogens is 1. The summed E-state index contributed by atoms with van der Waals surface area (Å²) in [5.74, 6) is -0.0733. The molecule has 0 bridgehead atoms. The minimum Gasteiger partial charge on any atom is -0.351 e. The molecule has 0 atom stereocenters. The number of aryl methyl sites for hydroxylation is 2. The van der Waals surface area contributed by atoms with E-state index in [4.69, 9.17) is 21.7 Å². The lowest BCUT2D eigenvalue weighted by Crippen LogP contribution is -2.35. The molecule has 31 heavy (non-hydrogen) atoms. The van der Waals surface area contributed by atoms with Gasteiger partial charge in [0.05, 0.1) is 22.3 Å². The summed E-state index contributed by atoms with van der Waals surface area (Å²) in [6, 6.07) is 7.59. The van der Waals surface area contributed by atoms with E-state index >= 15 is 0 Å². The summed E-state index contributed by atoms with van der Waals surface area (Å²) in [6.07, 6.45) is 5.12. The van der Waals surface area contributed by atoms with E-state index in [0.29, 0.717) is 22.8 Å². The van der Waals surface area contributed by atoms with Crippen LogP contribution in [0, 0.1) is 20.8 Å². The molecule has 0 saturated carbocycles. The summed E-state index contributed by atoms with van der Waals surface area (Å²) in [5, 5.41) is 9.30. The molecule has 4 rings (SSSR count). The number of likely N-dealkylation sites (tertiary alicyclic amines) is 1. The van der Waals surface area contributed by atoms with Crippen molar-refractivity contribution in [3.8, 4) is 5.69 Å². The number of carbonyl (C=O) groups excluding carboxylic acids is 1. The first-order valence-corrected chi connectivity index (χ1v) is 11.5. The molecule has 0 radical (unpaired) electrons. The maximum atomic E-state index is 13.1. The van der Waals surface area contributed by atoms with E-state index in [1.54, 1.807) is 4.68 Å². The minimum absolute atomic E-state index is 0.0733. The lowest BCUT2D eigenvalue weighted by Gasteiger charge is -2.19. The highest BCUT2D eigenvalue weighted by Gasteiger charge is 2.20. The van der Waals surface area contributed by atoms with Gasteiger partial charge >= 0.3 is 0 Å². The zero-order chi connectivity index (χ0) is 22.0. The Bertz CT molecular complexity index is 1100. The Balaban J connectivity index is 1.62. The molecule has 1 aliphatic heterocycles. The van der Waals surface area contributed by atoms with Gasteiger partial charge in [0, 0.05) is 23.8 Å². The number of nitrogens with one attached hydrogen (secondary N) is 1. The average molecular weight is 440 g/mol. The predicted octanol–water partition coefficient (Wildman–Crippen LogP) is 4.60. The van der Waals surface area contributed by atoms with Gasteiger partial charge in [0.1, 0.15) is 0 Å². The number of fused-ring (bicyclic) bond motifs is 1. The number of pyridine rings is 1. The quantitative estimate of drug-likeness (QED) is 0.630. The maximum Gasteiger partial charge on any atom is 0.252 e. The van der Waals surface area contributed by atoms with Crippen LogP contribution in [0.3, 0.4) is 0 Å². The summed E-state index contributed by atoms with van der Waals surface area (Å²) in [5.41, 5.74) is 4.67. The third-order valence-corrected chi connectivity index (χ3v) is 6.47. The number of benzene rings is 1. The van der Waals surface area contributed by atoms with Crippen molar-refractivity contribution in [1.82, 2.24) is 25.0 Å². The van der Waals surface area contributed by atoms with Gasteiger partial charge in [-0.25, -0.2) is 9.67 Å². The number of carbonyl (C=O) groups is 1. The van der Waals surface area contributed by atoms with E-state index in [1.807, 2.05) is 45.0 Å². The first kappa shape index (κ1) is 21.8. The number of aromatic nitrogens is 3. The highest BCUT2D eigenvalue weighted by Crippen LogP contribution is 2.28. The van der Waals surface area contributed by atoms with Crippen LogP contribution in [0.4, 0.5) is 0 Å². The zero-order valence-electron chi connectivity index (χ0n) is 18.5. The smallest absolute Gasteiger partial charge is 0.252 e. The fourth-order valence-electron chi connectivity index (χ4n) is 4.37. The Morgan fingerprint density at radius 3 is 2.61 bits per heavy atom. The molecule has 1 amide bonds. The number of amides is 1. The van der Waals surface area contributed by atoms with Crippen molar-refractivity contribution in [3.05, 3.63) is 51.8 Å². The van der Waals surface area contributed by atoms with E-state index < -0.39 is 0 Å². The van der Waals surface area contributed by atoms with Crippen LogP contribution in [-0.2, 0) is 0 Å². The number of nitrogens with zero attached hydrogens (tertiary/aromatic N) is 4. The zero-order valence-corrected chi connectivity index (χ0v) is 19.3. The number of hydrogen-bond acceptors (Lipinski definition) is 4. The first-order chi connectivity index (χ1) is 15.0. The van der Waals surface area contributed by atoms with E-state index in [-0.39, 0.29) is 5.91 Å². The summed E-state index contributed by atoms with van der Waals surface area (Å²) in [4.78, 5) is 20.3. The second-order valence-electron chi connectivity index (χ2n) is 8.40. The Kier molecular flexibility index (Phi) is 6.58. The molecule has 3 heterocycles. The molecule has 0 aliphatic carbocycles. The molecule has 0 unspecified atom stereocenters. The minimum atomic E-state index is -0.0733. The van der Waals surface area contributed by atoms with Crippen molar-refractivity contribution in [2.45, 2.75) is 46.5 Å². The van der Waals surface area contributed by atoms with Gasteiger partial charge in [-0.15, -0.1) is 0 Å². The SMILES string of the molecule is Cc1cc(C(=O)NCCN2CCCCCC2)c2c(C)nn(-c3cccc(Cl)c3C)c2n1. The van der Waals surface area contributed by atoms with Crippen molar-refractivity contribution in [2.75, 3.05) is 26.2 Å². The van der Waals surface area contributed by atoms with Crippen molar-refractivity contribution in [3.63, 3.8) is 0 Å². The molecule has 1 fully saturated rings. The monoisotopic (exact) mass is 439 g/mol. The first-order valence-electron chi connectivity index (χ1n) is 11.1. The second-order valence-corrected chi connectivity index (χ2v) is 8.81. The predicted molar refractivity (Wildman–Crippen MR) is 125 cm³/mol. The van der Waals surface area contributed by atoms with Gasteiger partial charge in [-0.05, 0) is 70.5 Å². The lowest BCUT2D eigenvalue weighted by molar-refractivity contribution is 0.0950. The van der Waals surface area contributed by atoms with Gasteiger partial charge in [-0.3, -0.25) is 4.79 Å². The van der Waals surface area contributed by atoms with Gasteiger partial charge in [-0.1, -0.05) is 30.5 Å². The van der Waals surface area contributed by atoms with Crippen LogP contribution >= 0.6 is 11.6 Å². The van der Waals surface area contributed by atoms with Crippen LogP contribution in [0.1, 0.15) is 53.0 Å². The van der Waals surface area contributed by atoms with Gasteiger partial charge < -0.3 is 10.2 Å². The largest absolute Gasteiger partial charge is 0.351 e. The van der Waals surface area contributed by atoms with Gasteiger partial charge in [0.2, 0.25) is 0 Å². The van der Waals surface area contributed by atoms with Crippen molar-refractivity contribution in [1.29, 1.82) is 0 Å². The number of rotatable bonds is 5. The molecule has 1 saturated heterocycles. The Labute approximate surface area is 188 Å². The van der Waals surface area contributed by atoms with Crippen molar-refractivity contribution >= 4 is 28.5 Å². The summed E-state index contributed by atoms with van der Waals surface area (Å²) in [6.45, 7) is 9.57. The molecule has 164 valence electrons. The van der Waals surface area contributed by atoms with E-state index in [0.717, 1.165) is 47.7 Å². The van der Waals surface area contributed by atoms with Crippen molar-refractivity contribution < 1.29 is 4.79 Å². The standard InChI is InChI=1S/C24H30ClN5O/c1-16-15-19(24(31)26-11-14-29-12-6-4-5-7-13-29)22-18(3)28-30(23(22)27-16)21-10-8-9-20(25)17(21)2/h8-10,15H,4-7,11-14H2,1-3H3,(H,26,31). The fraction of sp³-hybridized carbons (Fsp3) is 0.458. The van der Waals surface area contributed by atoms with Gasteiger partial charge in [0.25, 0.3) is 5.91 Å². The maximum absolute atomic E-state index is 13.1. The van der Waals surface area contributed by atoms with Crippen LogP contribution in [0.2, 0.25) is 5.02 Å². The lowest BCUT2D eigenvalue weighted by atomic mass is 10.1. The molecule has 1 aliphatic rings. The van der Waals surface area contributed by atoms with E-state index in [1.165, 1.54) is 25.7 Å². The van der Waals surface area contributed by atoms with Crippen molar-refractivity contribution in [2.24, 2.45) is 0 Å². The van der Waals surface area contributed by atoms with Gasteiger partial charge in [0.15, 0.2) is 5.65 Å². The molecule has 1 aromatic carbocycles. The molecular weight excluding hydrogens is 410 g/mol.